The highest BCUT2D eigenvalue weighted by Crippen LogP contribution is 2.40. The lowest BCUT2D eigenvalue weighted by Gasteiger charge is -2.40. The second-order valence-electron chi connectivity index (χ2n) is 8.03. The molecule has 2 aliphatic heterocycles. The Hall–Kier alpha value is -3.01. The Morgan fingerprint density at radius 2 is 1.91 bits per heavy atom. The Bertz CT molecular complexity index is 1150. The molecule has 4 rings (SSSR count). The number of amides is 2. The van der Waals surface area contributed by atoms with Gasteiger partial charge in [0.1, 0.15) is 6.61 Å². The molecule has 2 aliphatic rings. The maximum Gasteiger partial charge on any atom is 0.338 e. The summed E-state index contributed by atoms with van der Waals surface area (Å²) >= 11 is 7.59. The van der Waals surface area contributed by atoms with E-state index < -0.39 is 5.97 Å². The normalized spacial score (nSPS) is 17.4. The number of amidine groups is 1. The Labute approximate surface area is 213 Å². The number of nitrogens with zero attached hydrogens (tertiary/aromatic N) is 2. The number of halogens is 1. The van der Waals surface area contributed by atoms with E-state index in [1.54, 1.807) is 49.2 Å². The number of methoxy groups -OCH3 is 1. The van der Waals surface area contributed by atoms with Crippen molar-refractivity contribution in [2.24, 2.45) is 4.99 Å². The number of benzene rings is 2. The molecule has 2 heterocycles. The SMILES string of the molecule is COCCOC(=O)C1=C(C)N=C2SCCCN2C1c1cccc(NC(=O)Nc2ccc(Cl)cc2)c1. The van der Waals surface area contributed by atoms with Crippen LogP contribution in [0.25, 0.3) is 0 Å². The van der Waals surface area contributed by atoms with Gasteiger partial charge in [0.2, 0.25) is 0 Å². The van der Waals surface area contributed by atoms with E-state index in [0.717, 1.165) is 29.4 Å². The van der Waals surface area contributed by atoms with E-state index in [9.17, 15) is 9.59 Å². The molecular weight excluding hydrogens is 488 g/mol. The van der Waals surface area contributed by atoms with Gasteiger partial charge in [-0.3, -0.25) is 0 Å². The minimum atomic E-state index is -0.415. The number of thioether (sulfide) groups is 1. The number of urea groups is 1. The molecule has 2 aromatic carbocycles. The lowest BCUT2D eigenvalue weighted by Crippen LogP contribution is -2.42. The van der Waals surface area contributed by atoms with E-state index in [4.69, 9.17) is 26.1 Å². The van der Waals surface area contributed by atoms with Gasteiger partial charge < -0.3 is 25.0 Å². The third-order valence-corrected chi connectivity index (χ3v) is 6.89. The fraction of sp³-hybridized carbons (Fsp3) is 0.320. The van der Waals surface area contributed by atoms with Gasteiger partial charge >= 0.3 is 12.0 Å². The van der Waals surface area contributed by atoms with Gasteiger partial charge in [0, 0.05) is 35.8 Å². The summed E-state index contributed by atoms with van der Waals surface area (Å²) in [5.41, 5.74) is 3.22. The Kier molecular flexibility index (Phi) is 8.33. The first kappa shape index (κ1) is 25.1. The van der Waals surface area contributed by atoms with Crippen LogP contribution in [0.3, 0.4) is 0 Å². The monoisotopic (exact) mass is 514 g/mol. The molecule has 0 radical (unpaired) electrons. The van der Waals surface area contributed by atoms with Gasteiger partial charge in [-0.25, -0.2) is 14.6 Å². The van der Waals surface area contributed by atoms with Crippen LogP contribution in [-0.4, -0.2) is 54.7 Å². The first-order chi connectivity index (χ1) is 17.0. The summed E-state index contributed by atoms with van der Waals surface area (Å²) in [4.78, 5) is 32.5. The topological polar surface area (TPSA) is 92.3 Å². The summed E-state index contributed by atoms with van der Waals surface area (Å²) in [6, 6.07) is 13.6. The van der Waals surface area contributed by atoms with E-state index in [-0.39, 0.29) is 18.7 Å². The summed E-state index contributed by atoms with van der Waals surface area (Å²) in [5.74, 6) is 0.567. The molecule has 1 atom stereocenters. The second-order valence-corrected chi connectivity index (χ2v) is 9.53. The number of carbonyl (C=O) groups is 2. The van der Waals surface area contributed by atoms with Crippen molar-refractivity contribution in [2.75, 3.05) is 43.3 Å². The van der Waals surface area contributed by atoms with E-state index in [0.29, 0.717) is 34.3 Å². The highest BCUT2D eigenvalue weighted by molar-refractivity contribution is 8.13. The minimum absolute atomic E-state index is 0.163. The quantitative estimate of drug-likeness (QED) is 0.385. The lowest BCUT2D eigenvalue weighted by molar-refractivity contribution is -0.141. The summed E-state index contributed by atoms with van der Waals surface area (Å²) in [6.07, 6.45) is 0.979. The van der Waals surface area contributed by atoms with E-state index in [1.807, 2.05) is 25.1 Å². The zero-order chi connectivity index (χ0) is 24.8. The molecule has 0 bridgehead atoms. The maximum absolute atomic E-state index is 13.1. The van der Waals surface area contributed by atoms with Crippen LogP contribution >= 0.6 is 23.4 Å². The van der Waals surface area contributed by atoms with Crippen LogP contribution in [0.1, 0.15) is 24.9 Å². The van der Waals surface area contributed by atoms with Gasteiger partial charge in [0.25, 0.3) is 0 Å². The largest absolute Gasteiger partial charge is 0.460 e. The molecule has 1 saturated heterocycles. The molecule has 0 aromatic heterocycles. The molecule has 2 aromatic rings. The summed E-state index contributed by atoms with van der Waals surface area (Å²) < 4.78 is 10.5. The van der Waals surface area contributed by atoms with Gasteiger partial charge in [0.15, 0.2) is 5.17 Å². The summed E-state index contributed by atoms with van der Waals surface area (Å²) in [5, 5.41) is 7.14. The van der Waals surface area contributed by atoms with Crippen LogP contribution in [0, 0.1) is 0 Å². The molecule has 1 unspecified atom stereocenters. The number of anilines is 2. The fourth-order valence-electron chi connectivity index (χ4n) is 3.98. The Morgan fingerprint density at radius 1 is 1.14 bits per heavy atom. The number of ether oxygens (including phenoxy) is 2. The van der Waals surface area contributed by atoms with Crippen molar-refractivity contribution in [2.45, 2.75) is 19.4 Å². The van der Waals surface area contributed by atoms with Crippen LogP contribution in [-0.2, 0) is 14.3 Å². The second kappa shape index (κ2) is 11.6. The number of rotatable bonds is 7. The number of hydrogen-bond donors (Lipinski definition) is 2. The van der Waals surface area contributed by atoms with E-state index >= 15 is 0 Å². The molecule has 35 heavy (non-hydrogen) atoms. The number of aliphatic imine (C=N–C) groups is 1. The standard InChI is InChI=1S/C25H27ClN4O4S/c1-16-21(23(31)34-13-12-33-2)22(30-11-4-14-35-25(30)27-16)17-5-3-6-20(15-17)29-24(32)28-19-9-7-18(26)8-10-19/h3,5-10,15,22H,4,11-14H2,1-2H3,(H2,28,29,32). The van der Waals surface area contributed by atoms with Crippen molar-refractivity contribution in [3.63, 3.8) is 0 Å². The number of fused-ring (bicyclic) bond motifs is 1. The molecule has 2 N–H and O–H groups in total. The number of nitrogens with one attached hydrogen (secondary N) is 2. The highest BCUT2D eigenvalue weighted by atomic mass is 35.5. The lowest BCUT2D eigenvalue weighted by atomic mass is 9.94. The first-order valence-corrected chi connectivity index (χ1v) is 12.6. The predicted octanol–water partition coefficient (Wildman–Crippen LogP) is 5.30. The molecule has 0 spiro atoms. The molecule has 10 heteroatoms. The summed E-state index contributed by atoms with van der Waals surface area (Å²) in [7, 11) is 1.56. The van der Waals surface area contributed by atoms with Crippen LogP contribution in [0.5, 0.6) is 0 Å². The molecule has 0 saturated carbocycles. The van der Waals surface area contributed by atoms with E-state index in [2.05, 4.69) is 15.5 Å². The molecule has 1 fully saturated rings. The van der Waals surface area contributed by atoms with Gasteiger partial charge in [-0.05, 0) is 55.3 Å². The third-order valence-electron chi connectivity index (χ3n) is 5.56. The van der Waals surface area contributed by atoms with Crippen LogP contribution in [0.15, 0.2) is 64.8 Å². The van der Waals surface area contributed by atoms with Gasteiger partial charge in [-0.1, -0.05) is 35.5 Å². The number of hydrogen-bond acceptors (Lipinski definition) is 7. The van der Waals surface area contributed by atoms with Crippen molar-refractivity contribution in [3.8, 4) is 0 Å². The fourth-order valence-corrected chi connectivity index (χ4v) is 5.13. The zero-order valence-electron chi connectivity index (χ0n) is 19.5. The van der Waals surface area contributed by atoms with Crippen molar-refractivity contribution in [1.29, 1.82) is 0 Å². The maximum atomic E-state index is 13.1. The van der Waals surface area contributed by atoms with Crippen molar-refractivity contribution >= 4 is 51.9 Å². The molecule has 2 amide bonds. The predicted molar refractivity (Wildman–Crippen MR) is 140 cm³/mol. The minimum Gasteiger partial charge on any atom is -0.460 e. The highest BCUT2D eigenvalue weighted by Gasteiger charge is 2.38. The van der Waals surface area contributed by atoms with Crippen molar-refractivity contribution in [1.82, 2.24) is 4.90 Å². The summed E-state index contributed by atoms with van der Waals surface area (Å²) in [6.45, 7) is 3.09. The zero-order valence-corrected chi connectivity index (χ0v) is 21.1. The average molecular weight is 515 g/mol. The first-order valence-electron chi connectivity index (χ1n) is 11.2. The van der Waals surface area contributed by atoms with Gasteiger partial charge in [-0.15, -0.1) is 0 Å². The van der Waals surface area contributed by atoms with Crippen LogP contribution in [0.4, 0.5) is 16.2 Å². The average Bonchev–Trinajstić information content (AvgIpc) is 2.84. The van der Waals surface area contributed by atoms with Gasteiger partial charge in [0.05, 0.1) is 23.9 Å². The number of allylic oxidation sites excluding steroid dienone is 1. The smallest absolute Gasteiger partial charge is 0.338 e. The van der Waals surface area contributed by atoms with Crippen LogP contribution in [0.2, 0.25) is 5.02 Å². The number of carbonyl (C=O) groups excluding carboxylic acids is 2. The molecule has 8 nitrogen and oxygen atoms in total. The third kappa shape index (κ3) is 6.17. The van der Waals surface area contributed by atoms with Gasteiger partial charge in [-0.2, -0.15) is 0 Å². The molecular formula is C25H27ClN4O4S. The Morgan fingerprint density at radius 3 is 2.69 bits per heavy atom. The molecule has 184 valence electrons. The molecule has 0 aliphatic carbocycles. The Balaban J connectivity index is 1.58. The number of esters is 1. The van der Waals surface area contributed by atoms with Crippen molar-refractivity contribution < 1.29 is 19.1 Å². The van der Waals surface area contributed by atoms with Crippen molar-refractivity contribution in [3.05, 3.63) is 70.4 Å². The van der Waals surface area contributed by atoms with E-state index in [1.165, 1.54) is 0 Å². The van der Waals surface area contributed by atoms with Crippen LogP contribution < -0.4 is 10.6 Å².